The molecule has 0 radical (unpaired) electrons. The average molecular weight is 330 g/mol. The van der Waals surface area contributed by atoms with Crippen molar-refractivity contribution in [3.63, 3.8) is 0 Å². The Bertz CT molecular complexity index is 713. The van der Waals surface area contributed by atoms with Crippen LogP contribution in [0.25, 0.3) is 0 Å². The number of nitrogens with zero attached hydrogens (tertiary/aromatic N) is 4. The Labute approximate surface area is 141 Å². The summed E-state index contributed by atoms with van der Waals surface area (Å²) in [5.74, 6) is -0.364. The number of aromatic nitrogens is 2. The average Bonchev–Trinajstić information content (AvgIpc) is 2.91. The van der Waals surface area contributed by atoms with Gasteiger partial charge in [-0.1, -0.05) is 18.2 Å². The zero-order chi connectivity index (χ0) is 17.1. The zero-order valence-corrected chi connectivity index (χ0v) is 14.2. The molecule has 0 saturated carbocycles. The molecule has 0 spiro atoms. The summed E-state index contributed by atoms with van der Waals surface area (Å²) in [6, 6.07) is 8.53. The van der Waals surface area contributed by atoms with Crippen molar-refractivity contribution >= 4 is 5.91 Å². The number of rotatable bonds is 4. The molecule has 0 saturated heterocycles. The number of fused-ring (bicyclic) bond motifs is 1. The van der Waals surface area contributed by atoms with Crippen LogP contribution in [0, 0.1) is 5.82 Å². The number of aryl methyl sites for hydroxylation is 1. The lowest BCUT2D eigenvalue weighted by molar-refractivity contribution is -0.133. The molecule has 1 unspecified atom stereocenters. The van der Waals surface area contributed by atoms with Crippen molar-refractivity contribution in [3.05, 3.63) is 53.6 Å². The first-order valence-corrected chi connectivity index (χ1v) is 8.23. The second kappa shape index (κ2) is 7.13. The summed E-state index contributed by atoms with van der Waals surface area (Å²) in [6.07, 6.45) is 2.70. The standard InChI is InChI=1S/C18H23FN4O/c1-21(2)12-15-8-10-23-16(7-9-20-23)13-22(15)18(24)11-14-5-3-4-6-17(14)19/h3-7,9,15H,8,10-13H2,1-2H3. The first-order chi connectivity index (χ1) is 11.5. The molecule has 1 aliphatic rings. The molecule has 5 nitrogen and oxygen atoms in total. The van der Waals surface area contributed by atoms with E-state index in [1.165, 1.54) is 6.07 Å². The minimum atomic E-state index is -0.324. The summed E-state index contributed by atoms with van der Waals surface area (Å²) in [5, 5.41) is 4.33. The van der Waals surface area contributed by atoms with E-state index in [0.29, 0.717) is 12.1 Å². The van der Waals surface area contributed by atoms with E-state index >= 15 is 0 Å². The Morgan fingerprint density at radius 1 is 1.33 bits per heavy atom. The van der Waals surface area contributed by atoms with E-state index in [9.17, 15) is 9.18 Å². The number of hydrogen-bond donors (Lipinski definition) is 0. The van der Waals surface area contributed by atoms with Crippen molar-refractivity contribution < 1.29 is 9.18 Å². The van der Waals surface area contributed by atoms with Gasteiger partial charge in [0.1, 0.15) is 5.82 Å². The van der Waals surface area contributed by atoms with Crippen LogP contribution in [0.3, 0.4) is 0 Å². The van der Waals surface area contributed by atoms with Crippen LogP contribution in [0.4, 0.5) is 4.39 Å². The Morgan fingerprint density at radius 2 is 2.12 bits per heavy atom. The van der Waals surface area contributed by atoms with Crippen molar-refractivity contribution in [3.8, 4) is 0 Å². The summed E-state index contributed by atoms with van der Waals surface area (Å²) >= 11 is 0. The fourth-order valence-electron chi connectivity index (χ4n) is 3.24. The quantitative estimate of drug-likeness (QED) is 0.860. The van der Waals surface area contributed by atoms with Crippen LogP contribution < -0.4 is 0 Å². The predicted octanol–water partition coefficient (Wildman–Crippen LogP) is 1.93. The minimum Gasteiger partial charge on any atom is -0.332 e. The van der Waals surface area contributed by atoms with Gasteiger partial charge in [-0.3, -0.25) is 9.48 Å². The zero-order valence-electron chi connectivity index (χ0n) is 14.2. The molecule has 1 amide bonds. The Balaban J connectivity index is 1.82. The summed E-state index contributed by atoms with van der Waals surface area (Å²) in [6.45, 7) is 2.10. The Morgan fingerprint density at radius 3 is 2.88 bits per heavy atom. The third-order valence-electron chi connectivity index (χ3n) is 4.45. The highest BCUT2D eigenvalue weighted by Gasteiger charge is 2.28. The van der Waals surface area contributed by atoms with Crippen LogP contribution in [0.5, 0.6) is 0 Å². The van der Waals surface area contributed by atoms with Gasteiger partial charge in [0.25, 0.3) is 0 Å². The summed E-state index contributed by atoms with van der Waals surface area (Å²) in [4.78, 5) is 16.9. The second-order valence-electron chi connectivity index (χ2n) is 6.54. The van der Waals surface area contributed by atoms with Crippen molar-refractivity contribution in [2.75, 3.05) is 20.6 Å². The molecule has 0 fully saturated rings. The van der Waals surface area contributed by atoms with Crippen molar-refractivity contribution in [1.82, 2.24) is 19.6 Å². The van der Waals surface area contributed by atoms with Crippen molar-refractivity contribution in [1.29, 1.82) is 0 Å². The van der Waals surface area contributed by atoms with Gasteiger partial charge in [-0.15, -0.1) is 0 Å². The fraction of sp³-hybridized carbons (Fsp3) is 0.444. The van der Waals surface area contributed by atoms with Crippen LogP contribution in [0.15, 0.2) is 36.5 Å². The highest BCUT2D eigenvalue weighted by Crippen LogP contribution is 2.20. The summed E-state index contributed by atoms with van der Waals surface area (Å²) in [5.41, 5.74) is 1.47. The monoisotopic (exact) mass is 330 g/mol. The van der Waals surface area contributed by atoms with E-state index in [1.54, 1.807) is 24.4 Å². The van der Waals surface area contributed by atoms with Gasteiger partial charge in [0.2, 0.25) is 5.91 Å². The lowest BCUT2D eigenvalue weighted by Crippen LogP contribution is -2.45. The smallest absolute Gasteiger partial charge is 0.227 e. The Kier molecular flexibility index (Phi) is 4.94. The molecule has 2 heterocycles. The van der Waals surface area contributed by atoms with Crippen LogP contribution in [-0.4, -0.2) is 52.2 Å². The molecule has 24 heavy (non-hydrogen) atoms. The lowest BCUT2D eigenvalue weighted by Gasteiger charge is -2.32. The van der Waals surface area contributed by atoms with Gasteiger partial charge in [0.15, 0.2) is 0 Å². The van der Waals surface area contributed by atoms with Gasteiger partial charge in [0, 0.05) is 25.3 Å². The predicted molar refractivity (Wildman–Crippen MR) is 89.8 cm³/mol. The second-order valence-corrected chi connectivity index (χ2v) is 6.54. The van der Waals surface area contributed by atoms with Crippen LogP contribution in [0.1, 0.15) is 17.7 Å². The molecule has 3 rings (SSSR count). The van der Waals surface area contributed by atoms with Crippen LogP contribution >= 0.6 is 0 Å². The van der Waals surface area contributed by atoms with Crippen molar-refractivity contribution in [2.45, 2.75) is 32.0 Å². The third kappa shape index (κ3) is 3.64. The lowest BCUT2D eigenvalue weighted by atomic mass is 10.1. The highest BCUT2D eigenvalue weighted by molar-refractivity contribution is 5.79. The van der Waals surface area contributed by atoms with E-state index in [2.05, 4.69) is 10.00 Å². The molecule has 0 bridgehead atoms. The largest absolute Gasteiger partial charge is 0.332 e. The normalized spacial score (nSPS) is 17.7. The number of benzene rings is 1. The van der Waals surface area contributed by atoms with Gasteiger partial charge in [-0.2, -0.15) is 5.10 Å². The third-order valence-corrected chi connectivity index (χ3v) is 4.45. The first kappa shape index (κ1) is 16.6. The highest BCUT2D eigenvalue weighted by atomic mass is 19.1. The van der Waals surface area contributed by atoms with Gasteiger partial charge in [-0.25, -0.2) is 4.39 Å². The number of carbonyl (C=O) groups excluding carboxylic acids is 1. The maximum Gasteiger partial charge on any atom is 0.227 e. The van der Waals surface area contributed by atoms with Gasteiger partial charge in [-0.05, 0) is 38.2 Å². The van der Waals surface area contributed by atoms with Gasteiger partial charge < -0.3 is 9.80 Å². The molecule has 2 aromatic rings. The molecule has 6 heteroatoms. The molecule has 1 aromatic carbocycles. The van der Waals surface area contributed by atoms with Crippen molar-refractivity contribution in [2.24, 2.45) is 0 Å². The van der Waals surface area contributed by atoms with E-state index in [4.69, 9.17) is 0 Å². The molecule has 1 aromatic heterocycles. The SMILES string of the molecule is CN(C)CC1CCn2nccc2CN1C(=O)Cc1ccccc1F. The van der Waals surface area contributed by atoms with E-state index in [1.807, 2.05) is 29.7 Å². The van der Waals surface area contributed by atoms with Gasteiger partial charge >= 0.3 is 0 Å². The molecular formula is C18H23FN4O. The molecule has 0 N–H and O–H groups in total. The fourth-order valence-corrected chi connectivity index (χ4v) is 3.24. The number of halogens is 1. The maximum atomic E-state index is 13.9. The number of amides is 1. The van der Waals surface area contributed by atoms with E-state index in [-0.39, 0.29) is 24.2 Å². The topological polar surface area (TPSA) is 41.4 Å². The Hall–Kier alpha value is -2.21. The summed E-state index contributed by atoms with van der Waals surface area (Å²) in [7, 11) is 4.01. The van der Waals surface area contributed by atoms with Crippen LogP contribution in [-0.2, 0) is 24.3 Å². The molecular weight excluding hydrogens is 307 g/mol. The number of likely N-dealkylation sites (N-methyl/N-ethyl adjacent to an activating group) is 1. The molecule has 1 aliphatic heterocycles. The molecule has 128 valence electrons. The number of hydrogen-bond acceptors (Lipinski definition) is 3. The maximum absolute atomic E-state index is 13.9. The minimum absolute atomic E-state index is 0.0402. The number of carbonyl (C=O) groups is 1. The summed E-state index contributed by atoms with van der Waals surface area (Å²) < 4.78 is 15.9. The molecule has 1 atom stereocenters. The first-order valence-electron chi connectivity index (χ1n) is 8.23. The van der Waals surface area contributed by atoms with Gasteiger partial charge in [0.05, 0.1) is 18.7 Å². The van der Waals surface area contributed by atoms with E-state index in [0.717, 1.165) is 25.2 Å². The van der Waals surface area contributed by atoms with E-state index < -0.39 is 0 Å². The van der Waals surface area contributed by atoms with Crippen LogP contribution in [0.2, 0.25) is 0 Å². The molecule has 0 aliphatic carbocycles.